The van der Waals surface area contributed by atoms with E-state index in [1.54, 1.807) is 25.1 Å². The van der Waals surface area contributed by atoms with E-state index in [4.69, 9.17) is 4.74 Å². The van der Waals surface area contributed by atoms with Crippen LogP contribution in [-0.4, -0.2) is 33.1 Å². The van der Waals surface area contributed by atoms with Gasteiger partial charge in [0.15, 0.2) is 0 Å². The lowest BCUT2D eigenvalue weighted by molar-refractivity contribution is -0.144. The Balaban J connectivity index is 1.69. The molecule has 1 N–H and O–H groups in total. The number of nitrogens with zero attached hydrogens (tertiary/aromatic N) is 2. The molecule has 4 rings (SSSR count). The normalized spacial score (nSPS) is 14.1. The third-order valence-corrected chi connectivity index (χ3v) is 5.05. The summed E-state index contributed by atoms with van der Waals surface area (Å²) in [6.07, 6.45) is 0.344. The number of amides is 2. The van der Waals surface area contributed by atoms with Crippen molar-refractivity contribution in [1.29, 1.82) is 0 Å². The molecule has 0 fully saturated rings. The Hall–Kier alpha value is -3.13. The van der Waals surface area contributed by atoms with E-state index in [0.717, 1.165) is 33.9 Å². The largest absolute Gasteiger partial charge is 0.466 e. The lowest BCUT2D eigenvalue weighted by Crippen LogP contribution is -2.20. The zero-order valence-electron chi connectivity index (χ0n) is 14.4. The van der Waals surface area contributed by atoms with Gasteiger partial charge in [0.05, 0.1) is 35.4 Å². The minimum atomic E-state index is -0.547. The summed E-state index contributed by atoms with van der Waals surface area (Å²) in [7, 11) is 0. The van der Waals surface area contributed by atoms with Crippen molar-refractivity contribution in [3.63, 3.8) is 0 Å². The van der Waals surface area contributed by atoms with Crippen molar-refractivity contribution < 1.29 is 19.1 Å². The molecule has 2 amide bonds. The monoisotopic (exact) mass is 381 g/mol. The van der Waals surface area contributed by atoms with E-state index >= 15 is 0 Å². The van der Waals surface area contributed by atoms with E-state index in [0.29, 0.717) is 17.5 Å². The highest BCUT2D eigenvalue weighted by atomic mass is 32.1. The number of fused-ring (bicyclic) bond motifs is 2. The van der Waals surface area contributed by atoms with Crippen LogP contribution in [0.1, 0.15) is 44.7 Å². The molecule has 2 aromatic carbocycles. The molecule has 1 aliphatic rings. The Labute approximate surface area is 158 Å². The van der Waals surface area contributed by atoms with Crippen molar-refractivity contribution >= 4 is 40.5 Å². The molecule has 7 nitrogen and oxygen atoms in total. The SMILES string of the molecule is CCOC(=O)C(Cc1ccc2c(c1)C(=O)NC2=O)c1ccc2nsnc2c1. The number of carbonyl (C=O) groups excluding carboxylic acids is 3. The van der Waals surface area contributed by atoms with Crippen LogP contribution in [0.3, 0.4) is 0 Å². The molecular weight excluding hydrogens is 366 g/mol. The lowest BCUT2D eigenvalue weighted by Gasteiger charge is -2.16. The number of hydrogen-bond donors (Lipinski definition) is 1. The van der Waals surface area contributed by atoms with Gasteiger partial charge in [-0.1, -0.05) is 12.1 Å². The first kappa shape index (κ1) is 17.3. The Morgan fingerprint density at radius 1 is 1.07 bits per heavy atom. The maximum absolute atomic E-state index is 12.6. The zero-order chi connectivity index (χ0) is 19.0. The van der Waals surface area contributed by atoms with Crippen molar-refractivity contribution in [1.82, 2.24) is 14.1 Å². The van der Waals surface area contributed by atoms with Gasteiger partial charge in [-0.05, 0) is 48.7 Å². The first-order valence-corrected chi connectivity index (χ1v) is 9.17. The average Bonchev–Trinajstić information content (AvgIpc) is 3.23. The molecule has 1 aromatic heterocycles. The molecule has 8 heteroatoms. The molecule has 0 spiro atoms. The predicted molar refractivity (Wildman–Crippen MR) is 98.7 cm³/mol. The van der Waals surface area contributed by atoms with Crippen LogP contribution in [0.2, 0.25) is 0 Å². The van der Waals surface area contributed by atoms with Crippen molar-refractivity contribution in [2.24, 2.45) is 0 Å². The molecule has 0 aliphatic carbocycles. The van der Waals surface area contributed by atoms with E-state index in [1.165, 1.54) is 0 Å². The van der Waals surface area contributed by atoms with Crippen molar-refractivity contribution in [3.05, 3.63) is 58.7 Å². The summed E-state index contributed by atoms with van der Waals surface area (Å²) in [5.74, 6) is -1.71. The number of ether oxygens (including phenoxy) is 1. The molecule has 136 valence electrons. The average molecular weight is 381 g/mol. The van der Waals surface area contributed by atoms with Crippen LogP contribution in [0.4, 0.5) is 0 Å². The summed E-state index contributed by atoms with van der Waals surface area (Å²) < 4.78 is 13.7. The van der Waals surface area contributed by atoms with Crippen LogP contribution >= 0.6 is 11.7 Å². The van der Waals surface area contributed by atoms with Crippen LogP contribution < -0.4 is 5.32 Å². The van der Waals surface area contributed by atoms with E-state index < -0.39 is 17.7 Å². The minimum absolute atomic E-state index is 0.275. The minimum Gasteiger partial charge on any atom is -0.466 e. The first-order chi connectivity index (χ1) is 13.1. The highest BCUT2D eigenvalue weighted by molar-refractivity contribution is 7.00. The standard InChI is InChI=1S/C19H15N3O4S/c1-2-26-19(25)13(11-4-6-15-16(9-11)22-27-21-15)7-10-3-5-12-14(8-10)18(24)20-17(12)23/h3-6,8-9,13H,2,7H2,1H3,(H,20,23,24). The summed E-state index contributed by atoms with van der Waals surface area (Å²) in [5.41, 5.74) is 3.73. The molecule has 2 heterocycles. The smallest absolute Gasteiger partial charge is 0.313 e. The zero-order valence-corrected chi connectivity index (χ0v) is 15.2. The predicted octanol–water partition coefficient (Wildman–Crippen LogP) is 2.46. The number of nitrogens with one attached hydrogen (secondary N) is 1. The van der Waals surface area contributed by atoms with Gasteiger partial charge in [0.2, 0.25) is 0 Å². The molecule has 0 saturated heterocycles. The van der Waals surface area contributed by atoms with E-state index in [2.05, 4.69) is 14.1 Å². The Bertz CT molecular complexity index is 1080. The maximum atomic E-state index is 12.6. The number of carbonyl (C=O) groups is 3. The number of aromatic nitrogens is 2. The third kappa shape index (κ3) is 3.19. The molecule has 1 unspecified atom stereocenters. The highest BCUT2D eigenvalue weighted by Gasteiger charge is 2.28. The van der Waals surface area contributed by atoms with Crippen LogP contribution in [0.15, 0.2) is 36.4 Å². The number of esters is 1. The fourth-order valence-corrected chi connectivity index (χ4v) is 3.69. The summed E-state index contributed by atoms with van der Waals surface area (Å²) in [4.78, 5) is 36.2. The topological polar surface area (TPSA) is 98.2 Å². The quantitative estimate of drug-likeness (QED) is 0.538. The third-order valence-electron chi connectivity index (χ3n) is 4.49. The van der Waals surface area contributed by atoms with E-state index in [1.807, 2.05) is 18.2 Å². The van der Waals surface area contributed by atoms with Crippen LogP contribution in [-0.2, 0) is 16.0 Å². The Morgan fingerprint density at radius 3 is 2.67 bits per heavy atom. The van der Waals surface area contributed by atoms with Crippen molar-refractivity contribution in [2.75, 3.05) is 6.61 Å². The second-order valence-electron chi connectivity index (χ2n) is 6.18. The van der Waals surface area contributed by atoms with Gasteiger partial charge in [0.1, 0.15) is 11.0 Å². The first-order valence-electron chi connectivity index (χ1n) is 8.44. The van der Waals surface area contributed by atoms with Gasteiger partial charge in [-0.25, -0.2) is 0 Å². The van der Waals surface area contributed by atoms with Gasteiger partial charge in [-0.15, -0.1) is 0 Å². The molecule has 0 saturated carbocycles. The van der Waals surface area contributed by atoms with E-state index in [-0.39, 0.29) is 12.6 Å². The van der Waals surface area contributed by atoms with Gasteiger partial charge < -0.3 is 4.74 Å². The molecule has 0 bridgehead atoms. The Morgan fingerprint density at radius 2 is 1.85 bits per heavy atom. The van der Waals surface area contributed by atoms with Crippen LogP contribution in [0.25, 0.3) is 11.0 Å². The number of imide groups is 1. The van der Waals surface area contributed by atoms with E-state index in [9.17, 15) is 14.4 Å². The summed E-state index contributed by atoms with van der Waals surface area (Å²) in [6, 6.07) is 10.5. The molecule has 0 radical (unpaired) electrons. The molecule has 1 atom stereocenters. The maximum Gasteiger partial charge on any atom is 0.313 e. The molecule has 1 aliphatic heterocycles. The summed E-state index contributed by atoms with van der Waals surface area (Å²) in [5, 5.41) is 2.27. The van der Waals surface area contributed by atoms with Gasteiger partial charge in [-0.2, -0.15) is 8.75 Å². The number of rotatable bonds is 5. The van der Waals surface area contributed by atoms with Gasteiger partial charge in [0.25, 0.3) is 11.8 Å². The number of benzene rings is 2. The number of hydrogen-bond acceptors (Lipinski definition) is 7. The fraction of sp³-hybridized carbons (Fsp3) is 0.211. The van der Waals surface area contributed by atoms with Gasteiger partial charge >= 0.3 is 5.97 Å². The highest BCUT2D eigenvalue weighted by Crippen LogP contribution is 2.27. The molecule has 27 heavy (non-hydrogen) atoms. The van der Waals surface area contributed by atoms with Crippen molar-refractivity contribution in [2.45, 2.75) is 19.3 Å². The molecule has 3 aromatic rings. The fourth-order valence-electron chi connectivity index (χ4n) is 3.17. The second-order valence-corrected chi connectivity index (χ2v) is 6.71. The van der Waals surface area contributed by atoms with Crippen molar-refractivity contribution in [3.8, 4) is 0 Å². The summed E-state index contributed by atoms with van der Waals surface area (Å²) in [6.45, 7) is 2.03. The van der Waals surface area contributed by atoms with Gasteiger partial charge in [-0.3, -0.25) is 19.7 Å². The van der Waals surface area contributed by atoms with Gasteiger partial charge in [0, 0.05) is 0 Å². The lowest BCUT2D eigenvalue weighted by atomic mass is 9.90. The van der Waals surface area contributed by atoms with Crippen LogP contribution in [0, 0.1) is 0 Å². The Kier molecular flexibility index (Phi) is 4.41. The molecular formula is C19H15N3O4S. The summed E-state index contributed by atoms with van der Waals surface area (Å²) >= 11 is 1.12. The van der Waals surface area contributed by atoms with Crippen LogP contribution in [0.5, 0.6) is 0 Å². The second kappa shape index (κ2) is 6.88.